The van der Waals surface area contributed by atoms with Gasteiger partial charge in [0.25, 0.3) is 5.91 Å². The molecule has 5 nitrogen and oxygen atoms in total. The van der Waals surface area contributed by atoms with E-state index >= 15 is 0 Å². The maximum Gasteiger partial charge on any atom is 0.262 e. The highest BCUT2D eigenvalue weighted by molar-refractivity contribution is 6.33. The molecule has 0 saturated heterocycles. The van der Waals surface area contributed by atoms with Crippen molar-refractivity contribution in [1.82, 2.24) is 4.98 Å². The van der Waals surface area contributed by atoms with E-state index in [9.17, 15) is 4.79 Å². The Hall–Kier alpha value is -3.54. The van der Waals surface area contributed by atoms with Gasteiger partial charge in [-0.05, 0) is 61.4 Å². The molecule has 4 aromatic rings. The zero-order chi connectivity index (χ0) is 20.4. The highest BCUT2D eigenvalue weighted by Crippen LogP contribution is 2.26. The predicted molar refractivity (Wildman–Crippen MR) is 118 cm³/mol. The number of hydrogen-bond acceptors (Lipinski definition) is 4. The van der Waals surface area contributed by atoms with Crippen LogP contribution in [0.1, 0.15) is 11.1 Å². The van der Waals surface area contributed by atoms with Gasteiger partial charge in [-0.2, -0.15) is 0 Å². The molecule has 4 rings (SSSR count). The third-order valence-corrected chi connectivity index (χ3v) is 4.69. The molecule has 0 aliphatic carbocycles. The van der Waals surface area contributed by atoms with Crippen LogP contribution in [0.4, 0.5) is 5.69 Å². The summed E-state index contributed by atoms with van der Waals surface area (Å²) in [6.07, 6.45) is 0. The lowest BCUT2D eigenvalue weighted by atomic mass is 9.94. The lowest BCUT2D eigenvalue weighted by Gasteiger charge is -2.09. The van der Waals surface area contributed by atoms with Crippen LogP contribution in [0, 0.1) is 13.8 Å². The van der Waals surface area contributed by atoms with Crippen LogP contribution in [0.3, 0.4) is 0 Å². The number of aromatic nitrogens is 1. The van der Waals surface area contributed by atoms with Crippen LogP contribution in [-0.2, 0) is 4.79 Å². The number of nitrogens with zero attached hydrogens (tertiary/aromatic N) is 1. The summed E-state index contributed by atoms with van der Waals surface area (Å²) in [4.78, 5) is 16.8. The summed E-state index contributed by atoms with van der Waals surface area (Å²) in [5.41, 5.74) is 6.41. The van der Waals surface area contributed by atoms with Gasteiger partial charge in [-0.1, -0.05) is 29.7 Å². The van der Waals surface area contributed by atoms with Crippen LogP contribution in [0.15, 0.2) is 65.1 Å². The molecular formula is C23H21BN2O3. The molecule has 1 amide bonds. The monoisotopic (exact) mass is 384 g/mol. The summed E-state index contributed by atoms with van der Waals surface area (Å²) in [5.74, 6) is 1.06. The van der Waals surface area contributed by atoms with Gasteiger partial charge in [-0.25, -0.2) is 4.98 Å². The lowest BCUT2D eigenvalue weighted by Crippen LogP contribution is -2.20. The van der Waals surface area contributed by atoms with Crippen molar-refractivity contribution in [3.05, 3.63) is 71.8 Å². The first-order chi connectivity index (χ1) is 14.0. The fraction of sp³-hybridized carbons (Fsp3) is 0.130. The maximum atomic E-state index is 12.2. The van der Waals surface area contributed by atoms with Crippen molar-refractivity contribution in [3.8, 4) is 17.2 Å². The van der Waals surface area contributed by atoms with Gasteiger partial charge in [0.15, 0.2) is 12.2 Å². The molecule has 144 valence electrons. The molecule has 0 unspecified atom stereocenters. The lowest BCUT2D eigenvalue weighted by molar-refractivity contribution is -0.118. The molecule has 0 fully saturated rings. The third kappa shape index (κ3) is 4.16. The molecule has 1 heterocycles. The number of anilines is 1. The Morgan fingerprint density at radius 2 is 1.83 bits per heavy atom. The number of rotatable bonds is 5. The Balaban J connectivity index is 1.43. The van der Waals surface area contributed by atoms with Crippen molar-refractivity contribution in [1.29, 1.82) is 0 Å². The number of aryl methyl sites for hydroxylation is 2. The standard InChI is InChI=1S/C23H21BN2O3/c1-14-5-3-4-6-20(14)28-13-21(27)25-18-9-7-16(8-10-18)23-26-19-12-17(24)11-15(2)22(19)29-23/h3-12H,13,24H2,1-2H3,(H,25,27). The average Bonchev–Trinajstić information content (AvgIpc) is 3.12. The van der Waals surface area contributed by atoms with E-state index in [1.54, 1.807) is 0 Å². The molecule has 0 radical (unpaired) electrons. The third-order valence-electron chi connectivity index (χ3n) is 4.69. The van der Waals surface area contributed by atoms with Gasteiger partial charge in [-0.3, -0.25) is 4.79 Å². The maximum absolute atomic E-state index is 12.2. The Bertz CT molecular complexity index is 1180. The largest absolute Gasteiger partial charge is 0.483 e. The van der Waals surface area contributed by atoms with Crippen LogP contribution < -0.4 is 15.5 Å². The predicted octanol–water partition coefficient (Wildman–Crippen LogP) is 3.39. The molecular weight excluding hydrogens is 363 g/mol. The zero-order valence-electron chi connectivity index (χ0n) is 16.7. The van der Waals surface area contributed by atoms with Crippen molar-refractivity contribution < 1.29 is 13.9 Å². The quantitative estimate of drug-likeness (QED) is 0.536. The van der Waals surface area contributed by atoms with Gasteiger partial charge in [0.05, 0.1) is 0 Å². The van der Waals surface area contributed by atoms with E-state index in [1.165, 1.54) is 0 Å². The summed E-state index contributed by atoms with van der Waals surface area (Å²) in [6, 6.07) is 19.1. The van der Waals surface area contributed by atoms with E-state index in [-0.39, 0.29) is 12.5 Å². The molecule has 0 atom stereocenters. The first-order valence-electron chi connectivity index (χ1n) is 9.46. The molecule has 3 aromatic carbocycles. The van der Waals surface area contributed by atoms with Crippen molar-refractivity contribution in [3.63, 3.8) is 0 Å². The summed E-state index contributed by atoms with van der Waals surface area (Å²) in [6.45, 7) is 3.92. The number of fused-ring (bicyclic) bond motifs is 1. The van der Waals surface area contributed by atoms with E-state index in [1.807, 2.05) is 76.3 Å². The smallest absolute Gasteiger partial charge is 0.262 e. The van der Waals surface area contributed by atoms with Crippen molar-refractivity contribution in [2.75, 3.05) is 11.9 Å². The number of hydrogen-bond donors (Lipinski definition) is 1. The fourth-order valence-corrected chi connectivity index (χ4v) is 3.26. The average molecular weight is 384 g/mol. The van der Waals surface area contributed by atoms with Crippen molar-refractivity contribution >= 4 is 36.0 Å². The fourth-order valence-electron chi connectivity index (χ4n) is 3.26. The number of para-hydroxylation sites is 1. The molecule has 0 aliphatic heterocycles. The topological polar surface area (TPSA) is 64.4 Å². The molecule has 6 heteroatoms. The van der Waals surface area contributed by atoms with Crippen LogP contribution in [0.25, 0.3) is 22.6 Å². The van der Waals surface area contributed by atoms with Gasteiger partial charge < -0.3 is 14.5 Å². The molecule has 0 aliphatic rings. The second kappa shape index (κ2) is 7.83. The summed E-state index contributed by atoms with van der Waals surface area (Å²) in [5, 5.41) is 2.84. The van der Waals surface area contributed by atoms with Gasteiger partial charge in [0.1, 0.15) is 19.1 Å². The first-order valence-corrected chi connectivity index (χ1v) is 9.46. The number of amides is 1. The number of ether oxygens (including phenoxy) is 1. The van der Waals surface area contributed by atoms with Crippen LogP contribution >= 0.6 is 0 Å². The highest BCUT2D eigenvalue weighted by Gasteiger charge is 2.11. The number of oxazole rings is 1. The summed E-state index contributed by atoms with van der Waals surface area (Å²) < 4.78 is 11.5. The number of carbonyl (C=O) groups is 1. The van der Waals surface area contributed by atoms with E-state index < -0.39 is 0 Å². The van der Waals surface area contributed by atoms with Crippen LogP contribution in [-0.4, -0.2) is 25.3 Å². The van der Waals surface area contributed by atoms with Gasteiger partial charge in [0, 0.05) is 11.3 Å². The minimum Gasteiger partial charge on any atom is -0.483 e. The Labute approximate surface area is 170 Å². The normalized spacial score (nSPS) is 10.8. The second-order valence-corrected chi connectivity index (χ2v) is 7.13. The Morgan fingerprint density at radius 1 is 1.07 bits per heavy atom. The van der Waals surface area contributed by atoms with E-state index in [0.29, 0.717) is 17.3 Å². The van der Waals surface area contributed by atoms with Gasteiger partial charge >= 0.3 is 0 Å². The number of nitrogens with one attached hydrogen (secondary N) is 1. The summed E-state index contributed by atoms with van der Waals surface area (Å²) in [7, 11) is 2.04. The summed E-state index contributed by atoms with van der Waals surface area (Å²) >= 11 is 0. The van der Waals surface area contributed by atoms with Gasteiger partial charge in [-0.15, -0.1) is 0 Å². The van der Waals surface area contributed by atoms with E-state index in [0.717, 1.165) is 33.3 Å². The van der Waals surface area contributed by atoms with E-state index in [4.69, 9.17) is 9.15 Å². The SMILES string of the molecule is Bc1cc(C)c2oc(-c3ccc(NC(=O)COc4ccccc4C)cc3)nc2c1. The van der Waals surface area contributed by atoms with E-state index in [2.05, 4.69) is 16.4 Å². The minimum absolute atomic E-state index is 0.0453. The zero-order valence-corrected chi connectivity index (χ0v) is 16.7. The Kier molecular flexibility index (Phi) is 5.08. The Morgan fingerprint density at radius 3 is 2.59 bits per heavy atom. The highest BCUT2D eigenvalue weighted by atomic mass is 16.5. The number of benzene rings is 3. The molecule has 1 N–H and O–H groups in total. The molecule has 29 heavy (non-hydrogen) atoms. The van der Waals surface area contributed by atoms with Crippen LogP contribution in [0.5, 0.6) is 5.75 Å². The van der Waals surface area contributed by atoms with Crippen molar-refractivity contribution in [2.24, 2.45) is 0 Å². The minimum atomic E-state index is -0.214. The van der Waals surface area contributed by atoms with Crippen molar-refractivity contribution in [2.45, 2.75) is 13.8 Å². The molecule has 0 bridgehead atoms. The number of carbonyl (C=O) groups excluding carboxylic acids is 1. The molecule has 1 aromatic heterocycles. The second-order valence-electron chi connectivity index (χ2n) is 7.13. The first kappa shape index (κ1) is 18.8. The molecule has 0 spiro atoms. The van der Waals surface area contributed by atoms with Gasteiger partial charge in [0.2, 0.25) is 5.89 Å². The van der Waals surface area contributed by atoms with Crippen LogP contribution in [0.2, 0.25) is 0 Å². The molecule has 0 saturated carbocycles.